The van der Waals surface area contributed by atoms with Gasteiger partial charge in [0, 0.05) is 5.25 Å². The highest BCUT2D eigenvalue weighted by molar-refractivity contribution is 8.00. The van der Waals surface area contributed by atoms with Crippen LogP contribution in [-0.4, -0.2) is 45.0 Å². The SMILES string of the molecule is CCOC(=O)c1nnn(Cc2ccc(OC)cc2)c1SC1Cc2cc(Cl)c(Cl)cc2C1O. The highest BCUT2D eigenvalue weighted by Gasteiger charge is 2.35. The maximum atomic E-state index is 12.5. The first kappa shape index (κ1) is 22.9. The quantitative estimate of drug-likeness (QED) is 0.482. The van der Waals surface area contributed by atoms with E-state index >= 15 is 0 Å². The molecule has 0 spiro atoms. The van der Waals surface area contributed by atoms with E-state index < -0.39 is 12.1 Å². The number of nitrogens with zero attached hydrogens (tertiary/aromatic N) is 3. The smallest absolute Gasteiger partial charge is 0.361 e. The third-order valence-electron chi connectivity index (χ3n) is 5.19. The van der Waals surface area contributed by atoms with Crippen molar-refractivity contribution < 1.29 is 19.4 Å². The molecule has 168 valence electrons. The van der Waals surface area contributed by atoms with Crippen LogP contribution in [0, 0.1) is 0 Å². The standard InChI is InChI=1S/C22H21Cl2N3O4S/c1-3-31-22(29)19-21(27(26-25-19)11-12-4-6-14(30-2)7-5-12)32-18-9-13-8-16(23)17(24)10-15(13)20(18)28/h4-8,10,18,20,28H,3,9,11H2,1-2H3. The molecular formula is C22H21Cl2N3O4S. The molecule has 2 atom stereocenters. The van der Waals surface area contributed by atoms with Crippen LogP contribution in [0.3, 0.4) is 0 Å². The molecule has 0 bridgehead atoms. The summed E-state index contributed by atoms with van der Waals surface area (Å²) in [5, 5.41) is 20.3. The Morgan fingerprint density at radius 1 is 1.25 bits per heavy atom. The van der Waals surface area contributed by atoms with Crippen molar-refractivity contribution >= 4 is 40.9 Å². The average Bonchev–Trinajstić information content (AvgIpc) is 3.30. The van der Waals surface area contributed by atoms with Gasteiger partial charge in [-0.2, -0.15) is 0 Å². The van der Waals surface area contributed by atoms with E-state index in [4.69, 9.17) is 32.7 Å². The summed E-state index contributed by atoms with van der Waals surface area (Å²) in [5.74, 6) is 0.199. The summed E-state index contributed by atoms with van der Waals surface area (Å²) < 4.78 is 12.0. The molecule has 2 unspecified atom stereocenters. The summed E-state index contributed by atoms with van der Waals surface area (Å²) in [4.78, 5) is 12.5. The fourth-order valence-electron chi connectivity index (χ4n) is 3.59. The zero-order valence-corrected chi connectivity index (χ0v) is 19.7. The zero-order chi connectivity index (χ0) is 22.8. The number of hydrogen-bond donors (Lipinski definition) is 1. The number of aliphatic hydroxyl groups is 1. The van der Waals surface area contributed by atoms with Crippen LogP contribution >= 0.6 is 35.0 Å². The van der Waals surface area contributed by atoms with Crippen molar-refractivity contribution in [3.8, 4) is 5.75 Å². The van der Waals surface area contributed by atoms with Gasteiger partial charge in [0.15, 0.2) is 0 Å². The van der Waals surface area contributed by atoms with Crippen molar-refractivity contribution in [3.63, 3.8) is 0 Å². The number of esters is 1. The number of thioether (sulfide) groups is 1. The molecule has 1 N–H and O–H groups in total. The molecule has 10 heteroatoms. The maximum absolute atomic E-state index is 12.5. The van der Waals surface area contributed by atoms with Crippen LogP contribution in [0.5, 0.6) is 5.75 Å². The van der Waals surface area contributed by atoms with Gasteiger partial charge in [-0.05, 0) is 54.3 Å². The summed E-state index contributed by atoms with van der Waals surface area (Å²) in [6.07, 6.45) is -0.210. The van der Waals surface area contributed by atoms with E-state index in [0.717, 1.165) is 22.4 Å². The molecule has 0 saturated carbocycles. The first-order valence-electron chi connectivity index (χ1n) is 9.97. The molecule has 0 radical (unpaired) electrons. The number of carbonyl (C=O) groups is 1. The van der Waals surface area contributed by atoms with Crippen LogP contribution in [0.1, 0.15) is 40.2 Å². The number of aliphatic hydroxyl groups excluding tert-OH is 1. The van der Waals surface area contributed by atoms with Gasteiger partial charge in [-0.25, -0.2) is 9.48 Å². The number of benzene rings is 2. The Morgan fingerprint density at radius 2 is 1.97 bits per heavy atom. The predicted octanol–water partition coefficient (Wildman–Crippen LogP) is 4.57. The Balaban J connectivity index is 1.63. The van der Waals surface area contributed by atoms with Crippen molar-refractivity contribution in [3.05, 3.63) is 68.8 Å². The van der Waals surface area contributed by atoms with Gasteiger partial charge in [0.1, 0.15) is 10.8 Å². The molecule has 0 saturated heterocycles. The monoisotopic (exact) mass is 493 g/mol. The van der Waals surface area contributed by atoms with Gasteiger partial charge in [-0.15, -0.1) is 5.10 Å². The van der Waals surface area contributed by atoms with Crippen LogP contribution in [0.4, 0.5) is 0 Å². The minimum absolute atomic E-state index is 0.129. The third kappa shape index (κ3) is 4.59. The number of halogens is 2. The third-order valence-corrected chi connectivity index (χ3v) is 7.26. The lowest BCUT2D eigenvalue weighted by Crippen LogP contribution is -2.14. The van der Waals surface area contributed by atoms with Gasteiger partial charge in [0.05, 0.1) is 36.4 Å². The average molecular weight is 494 g/mol. The Kier molecular flexibility index (Phi) is 6.95. The van der Waals surface area contributed by atoms with E-state index in [-0.39, 0.29) is 17.6 Å². The van der Waals surface area contributed by atoms with Crippen LogP contribution in [-0.2, 0) is 17.7 Å². The minimum atomic E-state index is -0.774. The van der Waals surface area contributed by atoms with Crippen molar-refractivity contribution in [2.24, 2.45) is 0 Å². The normalized spacial score (nSPS) is 17.3. The van der Waals surface area contributed by atoms with Gasteiger partial charge in [-0.3, -0.25) is 0 Å². The molecule has 4 rings (SSSR count). The lowest BCUT2D eigenvalue weighted by atomic mass is 10.1. The Bertz CT molecular complexity index is 1140. The Labute approximate surface area is 199 Å². The summed E-state index contributed by atoms with van der Waals surface area (Å²) in [5.41, 5.74) is 2.76. The Morgan fingerprint density at radius 3 is 2.66 bits per heavy atom. The summed E-state index contributed by atoms with van der Waals surface area (Å²) in [6.45, 7) is 2.35. The second-order valence-electron chi connectivity index (χ2n) is 7.24. The largest absolute Gasteiger partial charge is 0.497 e. The molecule has 0 aliphatic heterocycles. The van der Waals surface area contributed by atoms with Gasteiger partial charge in [0.2, 0.25) is 5.69 Å². The van der Waals surface area contributed by atoms with E-state index in [1.807, 2.05) is 24.3 Å². The number of aromatic nitrogens is 3. The number of hydrogen-bond acceptors (Lipinski definition) is 7. The van der Waals surface area contributed by atoms with E-state index in [1.54, 1.807) is 30.8 Å². The molecule has 0 amide bonds. The molecule has 1 heterocycles. The Hall–Kier alpha value is -2.26. The maximum Gasteiger partial charge on any atom is 0.361 e. The minimum Gasteiger partial charge on any atom is -0.497 e. The fourth-order valence-corrected chi connectivity index (χ4v) is 5.23. The molecule has 1 aliphatic rings. The number of rotatable bonds is 7. The van der Waals surface area contributed by atoms with E-state index in [1.165, 1.54) is 11.8 Å². The van der Waals surface area contributed by atoms with Gasteiger partial charge in [-0.1, -0.05) is 52.3 Å². The van der Waals surface area contributed by atoms with Crippen molar-refractivity contribution in [2.45, 2.75) is 36.3 Å². The first-order chi connectivity index (χ1) is 15.4. The van der Waals surface area contributed by atoms with Crippen molar-refractivity contribution in [1.82, 2.24) is 15.0 Å². The molecule has 3 aromatic rings. The molecular weight excluding hydrogens is 473 g/mol. The molecule has 0 fully saturated rings. The fraction of sp³-hybridized carbons (Fsp3) is 0.318. The van der Waals surface area contributed by atoms with E-state index in [2.05, 4.69) is 10.3 Å². The predicted molar refractivity (Wildman–Crippen MR) is 123 cm³/mol. The molecule has 32 heavy (non-hydrogen) atoms. The number of methoxy groups -OCH3 is 1. The lowest BCUT2D eigenvalue weighted by Gasteiger charge is -2.16. The molecule has 1 aliphatic carbocycles. The van der Waals surface area contributed by atoms with Crippen LogP contribution in [0.25, 0.3) is 0 Å². The van der Waals surface area contributed by atoms with Gasteiger partial charge < -0.3 is 14.6 Å². The highest BCUT2D eigenvalue weighted by atomic mass is 35.5. The molecule has 7 nitrogen and oxygen atoms in total. The van der Waals surface area contributed by atoms with Gasteiger partial charge in [0.25, 0.3) is 0 Å². The topological polar surface area (TPSA) is 86.5 Å². The number of ether oxygens (including phenoxy) is 2. The summed E-state index contributed by atoms with van der Waals surface area (Å²) >= 11 is 13.6. The van der Waals surface area contributed by atoms with E-state index in [9.17, 15) is 9.90 Å². The molecule has 2 aromatic carbocycles. The number of carbonyl (C=O) groups excluding carboxylic acids is 1. The second kappa shape index (κ2) is 9.70. The van der Waals surface area contributed by atoms with Crippen LogP contribution in [0.15, 0.2) is 41.4 Å². The highest BCUT2D eigenvalue weighted by Crippen LogP contribution is 2.44. The van der Waals surface area contributed by atoms with E-state index in [0.29, 0.717) is 28.0 Å². The molecule has 1 aromatic heterocycles. The van der Waals surface area contributed by atoms with Gasteiger partial charge >= 0.3 is 5.97 Å². The summed E-state index contributed by atoms with van der Waals surface area (Å²) in [6, 6.07) is 11.0. The number of fused-ring (bicyclic) bond motifs is 1. The van der Waals surface area contributed by atoms with Crippen LogP contribution in [0.2, 0.25) is 10.0 Å². The zero-order valence-electron chi connectivity index (χ0n) is 17.4. The summed E-state index contributed by atoms with van der Waals surface area (Å²) in [7, 11) is 1.61. The van der Waals surface area contributed by atoms with Crippen LogP contribution < -0.4 is 4.74 Å². The van der Waals surface area contributed by atoms with Crippen molar-refractivity contribution in [2.75, 3.05) is 13.7 Å². The van der Waals surface area contributed by atoms with Crippen molar-refractivity contribution in [1.29, 1.82) is 0 Å². The lowest BCUT2D eigenvalue weighted by molar-refractivity contribution is 0.0514. The second-order valence-corrected chi connectivity index (χ2v) is 9.28. The first-order valence-corrected chi connectivity index (χ1v) is 11.6.